The number of hydrogen-bond donors (Lipinski definition) is 2. The van der Waals surface area contributed by atoms with Crippen LogP contribution in [0.25, 0.3) is 11.0 Å². The van der Waals surface area contributed by atoms with Gasteiger partial charge < -0.3 is 10.1 Å². The number of carbonyl (C=O) groups is 1. The molecule has 2 aromatic carbocycles. The van der Waals surface area contributed by atoms with Gasteiger partial charge in [-0.3, -0.25) is 9.69 Å². The molecule has 2 heterocycles. The fourth-order valence-electron chi connectivity index (χ4n) is 4.60. The first-order chi connectivity index (χ1) is 15.2. The molecule has 0 saturated carbocycles. The Kier molecular flexibility index (Phi) is 6.24. The molecule has 1 aliphatic rings. The molecule has 1 fully saturated rings. The number of halogens is 3. The van der Waals surface area contributed by atoms with E-state index in [-0.39, 0.29) is 18.3 Å². The number of H-pyrrole nitrogens is 1. The molecule has 1 aromatic heterocycles. The minimum absolute atomic E-state index is 0.0336. The Morgan fingerprint density at radius 3 is 2.62 bits per heavy atom. The number of aromatic amines is 1. The average molecular weight is 445 g/mol. The van der Waals surface area contributed by atoms with Crippen molar-refractivity contribution in [1.82, 2.24) is 14.9 Å². The molecular formula is C24H26F3N3O2. The van der Waals surface area contributed by atoms with Gasteiger partial charge in [0, 0.05) is 25.9 Å². The van der Waals surface area contributed by atoms with Crippen LogP contribution in [0.2, 0.25) is 0 Å². The van der Waals surface area contributed by atoms with Crippen molar-refractivity contribution in [3.63, 3.8) is 0 Å². The van der Waals surface area contributed by atoms with Gasteiger partial charge in [-0.25, -0.2) is 4.98 Å². The zero-order valence-corrected chi connectivity index (χ0v) is 17.8. The smallest absolute Gasteiger partial charge is 0.416 e. The number of imidazole rings is 1. The molecule has 1 saturated heterocycles. The van der Waals surface area contributed by atoms with Crippen molar-refractivity contribution in [2.24, 2.45) is 11.8 Å². The molecule has 2 N–H and O–H groups in total. The molecule has 0 amide bonds. The van der Waals surface area contributed by atoms with Crippen LogP contribution in [0.3, 0.4) is 0 Å². The molecular weight excluding hydrogens is 419 g/mol. The van der Waals surface area contributed by atoms with Gasteiger partial charge in [0.2, 0.25) is 0 Å². The number of nitrogens with zero attached hydrogens (tertiary/aromatic N) is 2. The quantitative estimate of drug-likeness (QED) is 0.557. The number of fused-ring (bicyclic) bond motifs is 1. The Morgan fingerprint density at radius 1 is 1.19 bits per heavy atom. The van der Waals surface area contributed by atoms with Crippen molar-refractivity contribution in [2.45, 2.75) is 38.9 Å². The van der Waals surface area contributed by atoms with Crippen LogP contribution >= 0.6 is 0 Å². The van der Waals surface area contributed by atoms with Crippen LogP contribution < -0.4 is 0 Å². The van der Waals surface area contributed by atoms with E-state index in [0.717, 1.165) is 53.1 Å². The van der Waals surface area contributed by atoms with E-state index in [1.165, 1.54) is 12.1 Å². The Bertz CT molecular complexity index is 1090. The minimum atomic E-state index is -4.34. The Hall–Kier alpha value is -2.87. The molecule has 2 atom stereocenters. The average Bonchev–Trinajstić information content (AvgIpc) is 3.10. The third-order valence-electron chi connectivity index (χ3n) is 6.24. The molecule has 0 bridgehead atoms. The maximum atomic E-state index is 12.8. The molecule has 3 aromatic rings. The van der Waals surface area contributed by atoms with Crippen LogP contribution in [0.5, 0.6) is 0 Å². The molecule has 4 rings (SSSR count). The zero-order chi connectivity index (χ0) is 22.9. The standard InChI is InChI=1S/C24H26F3N3O2/c1-15-2-7-20-21(10-15)29-22(28-20)11-18-14-30(9-8-17(18)12-23(31)32)13-16-3-5-19(6-4-16)24(25,26)27/h2-7,10,17-18H,8-9,11-14H2,1H3,(H,28,29)(H,31,32)/t17-,18-/m0/s1. The van der Waals surface area contributed by atoms with E-state index >= 15 is 0 Å². The highest BCUT2D eigenvalue weighted by Gasteiger charge is 2.32. The van der Waals surface area contributed by atoms with E-state index in [0.29, 0.717) is 19.5 Å². The number of carboxylic acids is 1. The minimum Gasteiger partial charge on any atom is -0.481 e. The monoisotopic (exact) mass is 445 g/mol. The lowest BCUT2D eigenvalue weighted by Gasteiger charge is -2.38. The lowest BCUT2D eigenvalue weighted by Crippen LogP contribution is -2.41. The largest absolute Gasteiger partial charge is 0.481 e. The number of aromatic nitrogens is 2. The van der Waals surface area contributed by atoms with Crippen LogP contribution in [-0.4, -0.2) is 39.0 Å². The first-order valence-electron chi connectivity index (χ1n) is 10.7. The lowest BCUT2D eigenvalue weighted by atomic mass is 9.81. The molecule has 0 spiro atoms. The van der Waals surface area contributed by atoms with Gasteiger partial charge in [-0.1, -0.05) is 18.2 Å². The molecule has 170 valence electrons. The van der Waals surface area contributed by atoms with Crippen molar-refractivity contribution < 1.29 is 23.1 Å². The highest BCUT2D eigenvalue weighted by Crippen LogP contribution is 2.32. The summed E-state index contributed by atoms with van der Waals surface area (Å²) < 4.78 is 38.4. The molecule has 0 radical (unpaired) electrons. The van der Waals surface area contributed by atoms with Gasteiger partial charge in [0.1, 0.15) is 5.82 Å². The van der Waals surface area contributed by atoms with Crippen molar-refractivity contribution in [2.75, 3.05) is 13.1 Å². The Balaban J connectivity index is 1.48. The molecule has 0 unspecified atom stereocenters. The second-order valence-electron chi connectivity index (χ2n) is 8.74. The van der Waals surface area contributed by atoms with E-state index in [1.54, 1.807) is 0 Å². The molecule has 1 aliphatic heterocycles. The molecule has 32 heavy (non-hydrogen) atoms. The number of rotatable bonds is 6. The van der Waals surface area contributed by atoms with Gasteiger partial charge in [-0.15, -0.1) is 0 Å². The van der Waals surface area contributed by atoms with Crippen molar-refractivity contribution >= 4 is 17.0 Å². The molecule has 0 aliphatic carbocycles. The predicted octanol–water partition coefficient (Wildman–Crippen LogP) is 5.05. The second-order valence-corrected chi connectivity index (χ2v) is 8.74. The number of nitrogens with one attached hydrogen (secondary N) is 1. The first-order valence-corrected chi connectivity index (χ1v) is 10.7. The summed E-state index contributed by atoms with van der Waals surface area (Å²) in [5.74, 6) is 0.154. The third-order valence-corrected chi connectivity index (χ3v) is 6.24. The highest BCUT2D eigenvalue weighted by molar-refractivity contribution is 5.75. The van der Waals surface area contributed by atoms with Crippen molar-refractivity contribution in [1.29, 1.82) is 0 Å². The normalized spacial score (nSPS) is 20.0. The number of aryl methyl sites for hydroxylation is 1. The Morgan fingerprint density at radius 2 is 1.94 bits per heavy atom. The van der Waals surface area contributed by atoms with Crippen molar-refractivity contribution in [3.8, 4) is 0 Å². The summed E-state index contributed by atoms with van der Waals surface area (Å²) in [6, 6.07) is 11.3. The summed E-state index contributed by atoms with van der Waals surface area (Å²) in [7, 11) is 0. The van der Waals surface area contributed by atoms with Crippen LogP contribution in [0.15, 0.2) is 42.5 Å². The maximum absolute atomic E-state index is 12.8. The summed E-state index contributed by atoms with van der Waals surface area (Å²) in [6.45, 7) is 3.95. The van der Waals surface area contributed by atoms with E-state index in [9.17, 15) is 23.1 Å². The lowest BCUT2D eigenvalue weighted by molar-refractivity contribution is -0.139. The maximum Gasteiger partial charge on any atom is 0.416 e. The Labute approximate surface area is 184 Å². The summed E-state index contributed by atoms with van der Waals surface area (Å²) in [5, 5.41) is 9.36. The predicted molar refractivity (Wildman–Crippen MR) is 115 cm³/mol. The highest BCUT2D eigenvalue weighted by atomic mass is 19.4. The second kappa shape index (κ2) is 8.94. The molecule has 8 heteroatoms. The van der Waals surface area contributed by atoms with E-state index in [1.807, 2.05) is 25.1 Å². The van der Waals surface area contributed by atoms with Crippen LogP contribution in [-0.2, 0) is 23.9 Å². The number of aliphatic carboxylic acids is 1. The number of alkyl halides is 3. The number of piperidine rings is 1. The fraction of sp³-hybridized carbons (Fsp3) is 0.417. The van der Waals surface area contributed by atoms with Gasteiger partial charge in [0.05, 0.1) is 16.6 Å². The zero-order valence-electron chi connectivity index (χ0n) is 17.8. The van der Waals surface area contributed by atoms with Gasteiger partial charge in [-0.05, 0) is 67.1 Å². The van der Waals surface area contributed by atoms with Crippen LogP contribution in [0.1, 0.15) is 35.4 Å². The topological polar surface area (TPSA) is 69.2 Å². The van der Waals surface area contributed by atoms with Crippen molar-refractivity contribution in [3.05, 3.63) is 65.0 Å². The van der Waals surface area contributed by atoms with Gasteiger partial charge in [0.15, 0.2) is 0 Å². The summed E-state index contributed by atoms with van der Waals surface area (Å²) >= 11 is 0. The summed E-state index contributed by atoms with van der Waals surface area (Å²) in [6.07, 6.45) is -2.87. The third kappa shape index (κ3) is 5.30. The van der Waals surface area contributed by atoms with Crippen LogP contribution in [0.4, 0.5) is 13.2 Å². The number of likely N-dealkylation sites (tertiary alicyclic amines) is 1. The van der Waals surface area contributed by atoms with Gasteiger partial charge >= 0.3 is 12.1 Å². The van der Waals surface area contributed by atoms with E-state index in [4.69, 9.17) is 0 Å². The number of carboxylic acid groups (broad SMARTS) is 1. The van der Waals surface area contributed by atoms with Crippen LogP contribution in [0, 0.1) is 18.8 Å². The fourth-order valence-corrected chi connectivity index (χ4v) is 4.60. The molecule has 5 nitrogen and oxygen atoms in total. The number of hydrogen-bond acceptors (Lipinski definition) is 3. The first kappa shape index (κ1) is 22.3. The van der Waals surface area contributed by atoms with Gasteiger partial charge in [0.25, 0.3) is 0 Å². The van der Waals surface area contributed by atoms with Gasteiger partial charge in [-0.2, -0.15) is 13.2 Å². The number of benzene rings is 2. The summed E-state index contributed by atoms with van der Waals surface area (Å²) in [5.41, 5.74) is 3.15. The van der Waals surface area contributed by atoms with E-state index in [2.05, 4.69) is 14.9 Å². The van der Waals surface area contributed by atoms with E-state index < -0.39 is 17.7 Å². The summed E-state index contributed by atoms with van der Waals surface area (Å²) in [4.78, 5) is 21.6. The SMILES string of the molecule is Cc1ccc2nc(C[C@H]3CN(Cc4ccc(C(F)(F)F)cc4)CC[C@H]3CC(=O)O)[nH]c2c1.